The van der Waals surface area contributed by atoms with Crippen molar-refractivity contribution in [3.63, 3.8) is 0 Å². The number of aliphatic hydroxyl groups is 2. The van der Waals surface area contributed by atoms with Crippen molar-refractivity contribution in [2.24, 2.45) is 22.4 Å². The van der Waals surface area contributed by atoms with Crippen molar-refractivity contribution in [2.75, 3.05) is 12.3 Å². The third-order valence-corrected chi connectivity index (χ3v) is 13.2. The molecule has 5 atom stereocenters. The van der Waals surface area contributed by atoms with Crippen molar-refractivity contribution < 1.29 is 67.2 Å². The Labute approximate surface area is 303 Å². The number of oxime groups is 1. The van der Waals surface area contributed by atoms with Gasteiger partial charge in [0.15, 0.2) is 22.4 Å². The highest BCUT2D eigenvalue weighted by atomic mass is 32.2. The van der Waals surface area contributed by atoms with Gasteiger partial charge in [-0.25, -0.2) is 28.0 Å². The zero-order valence-electron chi connectivity index (χ0n) is 27.9. The van der Waals surface area contributed by atoms with Crippen LogP contribution in [0.25, 0.3) is 0 Å². The molecule has 7 rings (SSSR count). The molecule has 2 amide bonds. The summed E-state index contributed by atoms with van der Waals surface area (Å²) >= 11 is 0.943. The first kappa shape index (κ1) is 36.0. The average Bonchev–Trinajstić information content (AvgIpc) is 3.83. The number of carbonyl (C=O) groups excluding carboxylic acids is 3. The number of ether oxygens (including phenoxy) is 1. The number of thiazole rings is 1. The number of amides is 2. The van der Waals surface area contributed by atoms with Crippen LogP contribution in [0.4, 0.5) is 5.13 Å². The van der Waals surface area contributed by atoms with Crippen LogP contribution in [0.1, 0.15) is 51.6 Å². The van der Waals surface area contributed by atoms with Gasteiger partial charge in [0.1, 0.15) is 24.4 Å². The van der Waals surface area contributed by atoms with E-state index in [0.29, 0.717) is 14.8 Å². The Morgan fingerprint density at radius 2 is 1.75 bits per heavy atom. The summed E-state index contributed by atoms with van der Waals surface area (Å²) in [5.41, 5.74) is 0.162. The standard InChI is InChI=1S/C30H33N7O14S2/c1-28(2)13-3-4-14(28)7-29(6-13,25(43)44)51-34-21(17-12-52-27(31)33-17)22(40)32-16-11-49-37(23(16)41)30(26(45)46)8-18(24(42)50-30)36-9-15-5-19(38)20(39)10-35(15)53(36,47)48/h5,9-10,12-14,16,18,38-39H,3-4,6-8,11H2,1-2H3,(H2,31,33)(H,32,40)(H,43,44)(H,45,46)/b34-21-/t13?,14?,16-,18?,29?,30?/m0/s1. The number of nitrogens with zero attached hydrogens (tertiary/aromatic N) is 5. The van der Waals surface area contributed by atoms with Crippen molar-refractivity contribution in [1.29, 1.82) is 0 Å². The zero-order chi connectivity index (χ0) is 38.4. The van der Waals surface area contributed by atoms with E-state index < -0.39 is 93.6 Å². The second kappa shape index (κ2) is 12.1. The minimum Gasteiger partial charge on any atom is -0.504 e. The lowest BCUT2D eigenvalue weighted by Crippen LogP contribution is -2.57. The van der Waals surface area contributed by atoms with E-state index in [4.69, 9.17) is 20.1 Å². The van der Waals surface area contributed by atoms with Gasteiger partial charge in [-0.05, 0) is 30.1 Å². The van der Waals surface area contributed by atoms with Gasteiger partial charge in [0.2, 0.25) is 5.60 Å². The largest absolute Gasteiger partial charge is 0.504 e. The summed E-state index contributed by atoms with van der Waals surface area (Å²) in [7, 11) is -4.66. The van der Waals surface area contributed by atoms with Crippen LogP contribution in [-0.2, 0) is 48.6 Å². The summed E-state index contributed by atoms with van der Waals surface area (Å²) in [6.07, 6.45) is 3.36. The first-order valence-corrected chi connectivity index (χ1v) is 18.4. The molecule has 284 valence electrons. The van der Waals surface area contributed by atoms with Crippen LogP contribution < -0.4 is 11.1 Å². The number of nitrogens with two attached hydrogens (primary N) is 1. The number of carbonyl (C=O) groups is 5. The predicted molar refractivity (Wildman–Crippen MR) is 175 cm³/mol. The number of aliphatic carboxylic acids is 2. The quantitative estimate of drug-likeness (QED) is 0.109. The SMILES string of the molecule is CC1(C)C2CCC1CC(O/N=C(\C(=O)N[C@H]1CON(C3(C(=O)O)CC(N4C=C5C=C(O)C(O)=CN5S4(=O)=O)C(=O)O3)C1=O)c1csc(N)n1)(C(=O)O)C2. The number of carboxylic acids is 2. The summed E-state index contributed by atoms with van der Waals surface area (Å²) in [6.45, 7) is 3.48. The maximum absolute atomic E-state index is 13.7. The van der Waals surface area contributed by atoms with Crippen molar-refractivity contribution in [1.82, 2.24) is 24.0 Å². The monoisotopic (exact) mass is 779 g/mol. The van der Waals surface area contributed by atoms with Gasteiger partial charge in [0, 0.05) is 30.5 Å². The first-order chi connectivity index (χ1) is 24.8. The smallest absolute Gasteiger partial charge is 0.372 e. The number of fused-ring (bicyclic) bond motifs is 3. The third kappa shape index (κ3) is 5.51. The molecular formula is C30H33N7O14S2. The number of hydrogen-bond acceptors (Lipinski definition) is 16. The number of aliphatic hydroxyl groups excluding tert-OH is 2. The number of aromatic nitrogens is 1. The fraction of sp³-hybridized carbons (Fsp3) is 0.500. The minimum absolute atomic E-state index is 0.0177. The normalized spacial score (nSPS) is 32.8. The lowest BCUT2D eigenvalue weighted by Gasteiger charge is -2.44. The van der Waals surface area contributed by atoms with Crippen LogP contribution >= 0.6 is 11.3 Å². The Bertz CT molecular complexity index is 2060. The Hall–Kier alpha value is -5.42. The molecule has 4 unspecified atom stereocenters. The number of carboxylic acid groups (broad SMARTS) is 2. The van der Waals surface area contributed by atoms with E-state index in [-0.39, 0.29) is 51.7 Å². The molecule has 2 saturated heterocycles. The summed E-state index contributed by atoms with van der Waals surface area (Å²) < 4.78 is 32.7. The second-order valence-corrected chi connectivity index (χ2v) is 16.6. The molecule has 2 saturated carbocycles. The van der Waals surface area contributed by atoms with Crippen LogP contribution in [-0.4, -0.2) is 113 Å². The highest BCUT2D eigenvalue weighted by Crippen LogP contribution is 2.58. The Morgan fingerprint density at radius 1 is 1.08 bits per heavy atom. The molecular weight excluding hydrogens is 746 g/mol. The molecule has 0 radical (unpaired) electrons. The number of hydroxylamine groups is 2. The number of allylic oxidation sites excluding steroid dienone is 1. The maximum Gasteiger partial charge on any atom is 0.372 e. The fourth-order valence-electron chi connectivity index (χ4n) is 7.68. The van der Waals surface area contributed by atoms with Crippen molar-refractivity contribution >= 4 is 62.1 Å². The molecule has 4 aliphatic heterocycles. The summed E-state index contributed by atoms with van der Waals surface area (Å²) in [5, 5.41) is 48.1. The third-order valence-electron chi connectivity index (χ3n) is 10.8. The Kier molecular flexibility index (Phi) is 8.18. The molecule has 2 aliphatic carbocycles. The molecule has 1 aromatic heterocycles. The summed E-state index contributed by atoms with van der Waals surface area (Å²) in [6, 6.07) is -3.48. The van der Waals surface area contributed by atoms with Crippen molar-refractivity contribution in [2.45, 2.75) is 69.4 Å². The fourth-order valence-corrected chi connectivity index (χ4v) is 9.75. The van der Waals surface area contributed by atoms with Crippen LogP contribution in [0.5, 0.6) is 0 Å². The number of anilines is 1. The van der Waals surface area contributed by atoms with Gasteiger partial charge in [-0.3, -0.25) is 14.4 Å². The molecule has 53 heavy (non-hydrogen) atoms. The number of nitrogen functional groups attached to an aromatic ring is 1. The number of hydrogen-bond donors (Lipinski definition) is 6. The van der Waals surface area contributed by atoms with Crippen LogP contribution in [0, 0.1) is 17.3 Å². The topological polar surface area (TPSA) is 301 Å². The maximum atomic E-state index is 13.7. The van der Waals surface area contributed by atoms with Crippen LogP contribution in [0.3, 0.4) is 0 Å². The van der Waals surface area contributed by atoms with Gasteiger partial charge in [-0.15, -0.1) is 11.3 Å². The number of rotatable bonds is 9. The van der Waals surface area contributed by atoms with Gasteiger partial charge in [0.25, 0.3) is 11.8 Å². The Morgan fingerprint density at radius 3 is 2.36 bits per heavy atom. The minimum atomic E-state index is -4.66. The lowest BCUT2D eigenvalue weighted by molar-refractivity contribution is -0.256. The van der Waals surface area contributed by atoms with E-state index in [1.807, 2.05) is 0 Å². The molecule has 5 heterocycles. The van der Waals surface area contributed by atoms with Crippen molar-refractivity contribution in [3.8, 4) is 0 Å². The van der Waals surface area contributed by atoms with E-state index in [1.54, 1.807) is 0 Å². The van der Waals surface area contributed by atoms with Gasteiger partial charge in [-0.1, -0.05) is 19.0 Å². The predicted octanol–water partition coefficient (Wildman–Crippen LogP) is 0.0293. The summed E-state index contributed by atoms with van der Waals surface area (Å²) in [5.74, 6) is -8.29. The van der Waals surface area contributed by atoms with E-state index in [0.717, 1.165) is 36.5 Å². The zero-order valence-corrected chi connectivity index (χ0v) is 29.5. The molecule has 1 aromatic rings. The molecule has 7 N–H and O–H groups in total. The molecule has 21 nitrogen and oxygen atoms in total. The van der Waals surface area contributed by atoms with Crippen LogP contribution in [0.2, 0.25) is 0 Å². The molecule has 6 aliphatic rings. The highest BCUT2D eigenvalue weighted by Gasteiger charge is 2.65. The second-order valence-electron chi connectivity index (χ2n) is 14.0. The lowest BCUT2D eigenvalue weighted by atomic mass is 9.63. The highest BCUT2D eigenvalue weighted by molar-refractivity contribution is 7.87. The van der Waals surface area contributed by atoms with Gasteiger partial charge in [-0.2, -0.15) is 13.5 Å². The van der Waals surface area contributed by atoms with E-state index in [9.17, 15) is 52.8 Å². The first-order valence-electron chi connectivity index (χ1n) is 16.1. The van der Waals surface area contributed by atoms with E-state index in [2.05, 4.69) is 29.3 Å². The van der Waals surface area contributed by atoms with Crippen molar-refractivity contribution in [3.05, 3.63) is 46.8 Å². The van der Waals surface area contributed by atoms with E-state index >= 15 is 0 Å². The van der Waals surface area contributed by atoms with Gasteiger partial charge in [0.05, 0.1) is 18.3 Å². The average molecular weight is 780 g/mol. The van der Waals surface area contributed by atoms with Crippen LogP contribution in [0.15, 0.2) is 46.2 Å². The molecule has 0 spiro atoms. The summed E-state index contributed by atoms with van der Waals surface area (Å²) in [4.78, 5) is 80.9. The molecule has 23 heteroatoms. The Balaban J connectivity index is 1.11. The number of nitrogens with one attached hydrogen (secondary N) is 1. The molecule has 0 aromatic carbocycles. The molecule has 2 bridgehead atoms. The number of esters is 1. The molecule has 4 fully saturated rings. The van der Waals surface area contributed by atoms with E-state index in [1.165, 1.54) is 5.38 Å². The van der Waals surface area contributed by atoms with Gasteiger partial charge >= 0.3 is 33.8 Å². The van der Waals surface area contributed by atoms with Gasteiger partial charge < -0.3 is 41.1 Å². The number of cyclic esters (lactones) is 1.